The molecule has 0 bridgehead atoms. The average Bonchev–Trinajstić information content (AvgIpc) is 3.22. The van der Waals surface area contributed by atoms with Crippen molar-refractivity contribution in [1.29, 1.82) is 0 Å². The molecule has 1 N–H and O–H groups in total. The van der Waals surface area contributed by atoms with E-state index in [0.717, 1.165) is 5.57 Å². The second-order valence-electron chi connectivity index (χ2n) is 7.63. The molecule has 7 atom stereocenters. The summed E-state index contributed by atoms with van der Waals surface area (Å²) in [4.78, 5) is 24.3. The minimum absolute atomic E-state index is 0.0442. The van der Waals surface area contributed by atoms with E-state index in [1.807, 2.05) is 0 Å². The highest BCUT2D eigenvalue weighted by atomic mass is 16.6. The van der Waals surface area contributed by atoms with Gasteiger partial charge in [0.25, 0.3) is 0 Å². The summed E-state index contributed by atoms with van der Waals surface area (Å²) in [7, 11) is 0. The van der Waals surface area contributed by atoms with Crippen LogP contribution < -0.4 is 0 Å². The van der Waals surface area contributed by atoms with Crippen LogP contribution >= 0.6 is 0 Å². The Hall–Kier alpha value is -1.92. The van der Waals surface area contributed by atoms with Crippen LogP contribution in [0.2, 0.25) is 0 Å². The summed E-state index contributed by atoms with van der Waals surface area (Å²) in [6.07, 6.45) is -0.814. The highest BCUT2D eigenvalue weighted by Crippen LogP contribution is 2.60. The zero-order valence-corrected chi connectivity index (χ0v) is 14.2. The number of epoxide rings is 1. The van der Waals surface area contributed by atoms with Crippen molar-refractivity contribution in [2.24, 2.45) is 17.8 Å². The topological polar surface area (TPSA) is 85.4 Å². The summed E-state index contributed by atoms with van der Waals surface area (Å²) in [5, 5.41) is 10.5. The molecule has 2 saturated heterocycles. The molecular formula is C19H22O6. The van der Waals surface area contributed by atoms with Gasteiger partial charge in [-0.25, -0.2) is 9.59 Å². The van der Waals surface area contributed by atoms with Gasteiger partial charge >= 0.3 is 11.9 Å². The number of aliphatic hydroxyl groups is 1. The fourth-order valence-corrected chi connectivity index (χ4v) is 4.77. The molecule has 0 aromatic rings. The van der Waals surface area contributed by atoms with Gasteiger partial charge in [0.15, 0.2) is 0 Å². The van der Waals surface area contributed by atoms with E-state index in [1.54, 1.807) is 6.92 Å². The summed E-state index contributed by atoms with van der Waals surface area (Å²) in [6, 6.07) is 0. The van der Waals surface area contributed by atoms with Crippen molar-refractivity contribution in [1.82, 2.24) is 0 Å². The van der Waals surface area contributed by atoms with Gasteiger partial charge in [0.1, 0.15) is 17.8 Å². The minimum atomic E-state index is -0.686. The predicted octanol–water partition coefficient (Wildman–Crippen LogP) is 1.30. The van der Waals surface area contributed by atoms with Crippen molar-refractivity contribution in [2.75, 3.05) is 6.61 Å². The Labute approximate surface area is 146 Å². The number of fused-ring (bicyclic) bond motifs is 4. The third-order valence-corrected chi connectivity index (χ3v) is 6.13. The summed E-state index contributed by atoms with van der Waals surface area (Å²) in [5.74, 6) is -1.69. The lowest BCUT2D eigenvalue weighted by Crippen LogP contribution is -2.43. The SMILES string of the molecule is C=C(C)C(=O)O[C@H]1CC(=C)[C@@H]2C[C@H](O)[C@]3(CO3)[C@@H]2[C@H]2OC(=O)C(=C)[C@@H]21. The Morgan fingerprint density at radius 2 is 2.08 bits per heavy atom. The fourth-order valence-electron chi connectivity index (χ4n) is 4.77. The number of esters is 2. The maximum absolute atomic E-state index is 12.2. The van der Waals surface area contributed by atoms with E-state index in [2.05, 4.69) is 19.7 Å². The molecule has 6 nitrogen and oxygen atoms in total. The normalized spacial score (nSPS) is 44.8. The van der Waals surface area contributed by atoms with E-state index >= 15 is 0 Å². The van der Waals surface area contributed by atoms with Gasteiger partial charge in [-0.2, -0.15) is 0 Å². The number of carbonyl (C=O) groups is 2. The van der Waals surface area contributed by atoms with Crippen molar-refractivity contribution in [2.45, 2.75) is 43.7 Å². The lowest BCUT2D eigenvalue weighted by atomic mass is 9.78. The van der Waals surface area contributed by atoms with Gasteiger partial charge in [-0.15, -0.1) is 0 Å². The van der Waals surface area contributed by atoms with Gasteiger partial charge in [0.05, 0.1) is 18.6 Å². The lowest BCUT2D eigenvalue weighted by Gasteiger charge is -2.30. The molecule has 25 heavy (non-hydrogen) atoms. The van der Waals surface area contributed by atoms with E-state index in [1.165, 1.54) is 0 Å². The Balaban J connectivity index is 1.73. The molecule has 4 rings (SSSR count). The van der Waals surface area contributed by atoms with Gasteiger partial charge in [0.2, 0.25) is 0 Å². The molecule has 0 aromatic heterocycles. The molecule has 4 aliphatic rings. The fraction of sp³-hybridized carbons (Fsp3) is 0.579. The molecule has 2 aliphatic carbocycles. The Morgan fingerprint density at radius 3 is 2.68 bits per heavy atom. The monoisotopic (exact) mass is 346 g/mol. The number of ether oxygens (including phenoxy) is 3. The molecule has 1 spiro atoms. The second-order valence-corrected chi connectivity index (χ2v) is 7.63. The summed E-state index contributed by atoms with van der Waals surface area (Å²) < 4.78 is 16.9. The van der Waals surface area contributed by atoms with Crippen LogP contribution in [0, 0.1) is 17.8 Å². The summed E-state index contributed by atoms with van der Waals surface area (Å²) >= 11 is 0. The zero-order valence-electron chi connectivity index (χ0n) is 14.2. The van der Waals surface area contributed by atoms with Gasteiger partial charge in [-0.05, 0) is 19.3 Å². The quantitative estimate of drug-likeness (QED) is 0.351. The molecule has 0 radical (unpaired) electrons. The van der Waals surface area contributed by atoms with Crippen LogP contribution in [0.4, 0.5) is 0 Å². The van der Waals surface area contributed by atoms with Crippen LogP contribution in [-0.2, 0) is 23.8 Å². The van der Waals surface area contributed by atoms with E-state index in [0.29, 0.717) is 30.6 Å². The number of carbonyl (C=O) groups excluding carboxylic acids is 2. The van der Waals surface area contributed by atoms with E-state index in [9.17, 15) is 14.7 Å². The summed E-state index contributed by atoms with van der Waals surface area (Å²) in [5.41, 5.74) is 0.790. The van der Waals surface area contributed by atoms with Crippen molar-refractivity contribution in [3.8, 4) is 0 Å². The van der Waals surface area contributed by atoms with Gasteiger partial charge < -0.3 is 19.3 Å². The number of hydrogen-bond acceptors (Lipinski definition) is 6. The Kier molecular flexibility index (Phi) is 3.50. The number of aliphatic hydroxyl groups excluding tert-OH is 1. The van der Waals surface area contributed by atoms with E-state index in [-0.39, 0.29) is 11.8 Å². The number of rotatable bonds is 2. The molecule has 2 heterocycles. The minimum Gasteiger partial charge on any atom is -0.458 e. The smallest absolute Gasteiger partial charge is 0.334 e. The predicted molar refractivity (Wildman–Crippen MR) is 87.2 cm³/mol. The third-order valence-electron chi connectivity index (χ3n) is 6.13. The Morgan fingerprint density at radius 1 is 1.40 bits per heavy atom. The third kappa shape index (κ3) is 2.24. The van der Waals surface area contributed by atoms with Gasteiger partial charge in [-0.1, -0.05) is 25.3 Å². The van der Waals surface area contributed by atoms with Crippen LogP contribution in [0.25, 0.3) is 0 Å². The largest absolute Gasteiger partial charge is 0.458 e. The van der Waals surface area contributed by atoms with Gasteiger partial charge in [0, 0.05) is 23.5 Å². The van der Waals surface area contributed by atoms with E-state index < -0.39 is 41.8 Å². The first kappa shape index (κ1) is 16.5. The molecule has 134 valence electrons. The molecule has 0 amide bonds. The highest BCUT2D eigenvalue weighted by molar-refractivity contribution is 5.91. The molecular weight excluding hydrogens is 324 g/mol. The van der Waals surface area contributed by atoms with Crippen molar-refractivity contribution >= 4 is 11.9 Å². The Bertz CT molecular complexity index is 703. The standard InChI is InChI=1S/C19H22O6/c1-8(2)17(21)24-12-5-9(3)11-6-13(20)19(7-23-19)15(11)16-14(12)10(4)18(22)25-16/h11-16,20H,1,3-7H2,2H3/t11-,12-,13-,14+,15-,16-,19+/m0/s1. The number of hydrogen-bond donors (Lipinski definition) is 1. The maximum atomic E-state index is 12.2. The summed E-state index contributed by atoms with van der Waals surface area (Å²) in [6.45, 7) is 13.7. The molecule has 2 aliphatic heterocycles. The molecule has 6 heteroatoms. The average molecular weight is 346 g/mol. The van der Waals surface area contributed by atoms with Gasteiger partial charge in [-0.3, -0.25) is 0 Å². The lowest BCUT2D eigenvalue weighted by molar-refractivity contribution is -0.149. The molecule has 0 unspecified atom stereocenters. The van der Waals surface area contributed by atoms with Crippen molar-refractivity contribution in [3.63, 3.8) is 0 Å². The maximum Gasteiger partial charge on any atom is 0.334 e. The van der Waals surface area contributed by atoms with Crippen LogP contribution in [0.1, 0.15) is 19.8 Å². The van der Waals surface area contributed by atoms with Crippen LogP contribution in [-0.4, -0.2) is 47.6 Å². The van der Waals surface area contributed by atoms with Crippen molar-refractivity contribution < 1.29 is 28.9 Å². The first-order valence-corrected chi connectivity index (χ1v) is 8.52. The van der Waals surface area contributed by atoms with E-state index in [4.69, 9.17) is 14.2 Å². The highest BCUT2D eigenvalue weighted by Gasteiger charge is 2.70. The van der Waals surface area contributed by atoms with Crippen LogP contribution in [0.5, 0.6) is 0 Å². The zero-order chi connectivity index (χ0) is 18.1. The van der Waals surface area contributed by atoms with Crippen molar-refractivity contribution in [3.05, 3.63) is 36.5 Å². The first-order valence-electron chi connectivity index (χ1n) is 8.52. The van der Waals surface area contributed by atoms with Crippen LogP contribution in [0.15, 0.2) is 36.5 Å². The first-order chi connectivity index (χ1) is 11.8. The second kappa shape index (κ2) is 5.29. The molecule has 4 fully saturated rings. The molecule has 0 aromatic carbocycles. The molecule has 2 saturated carbocycles. The van der Waals surface area contributed by atoms with Crippen LogP contribution in [0.3, 0.4) is 0 Å².